The van der Waals surface area contributed by atoms with E-state index in [1.54, 1.807) is 13.0 Å². The number of rotatable bonds is 6. The third-order valence-electron chi connectivity index (χ3n) is 3.98. The Bertz CT molecular complexity index is 784. The van der Waals surface area contributed by atoms with Crippen LogP contribution in [0.25, 0.3) is 0 Å². The van der Waals surface area contributed by atoms with Crippen molar-refractivity contribution in [2.75, 3.05) is 11.9 Å². The molecule has 0 saturated heterocycles. The highest BCUT2D eigenvalue weighted by atomic mass is 16.6. The lowest BCUT2D eigenvalue weighted by atomic mass is 10.1. The molecular formula is C18H20N2O5. The van der Waals surface area contributed by atoms with E-state index < -0.39 is 18.0 Å². The maximum absolute atomic E-state index is 11.9. The monoisotopic (exact) mass is 344 g/mol. The zero-order chi connectivity index (χ0) is 17.8. The number of amides is 1. The molecule has 1 heterocycles. The fourth-order valence-corrected chi connectivity index (χ4v) is 2.72. The molecule has 1 amide bonds. The third kappa shape index (κ3) is 4.37. The maximum atomic E-state index is 11.9. The van der Waals surface area contributed by atoms with Crippen molar-refractivity contribution < 1.29 is 23.6 Å². The second kappa shape index (κ2) is 7.38. The lowest BCUT2D eigenvalue weighted by Crippen LogP contribution is -2.31. The molecule has 132 valence electrons. The van der Waals surface area contributed by atoms with Gasteiger partial charge in [-0.05, 0) is 56.4 Å². The zero-order valence-electron chi connectivity index (χ0n) is 14.2. The van der Waals surface area contributed by atoms with Gasteiger partial charge in [0.25, 0.3) is 5.91 Å². The molecule has 2 aromatic rings. The van der Waals surface area contributed by atoms with Crippen LogP contribution in [0.5, 0.6) is 5.75 Å². The molecule has 1 aromatic heterocycles. The van der Waals surface area contributed by atoms with Crippen LogP contribution in [0.15, 0.2) is 28.8 Å². The van der Waals surface area contributed by atoms with E-state index in [2.05, 4.69) is 10.5 Å². The van der Waals surface area contributed by atoms with E-state index in [0.717, 1.165) is 19.3 Å². The average Bonchev–Trinajstić information content (AvgIpc) is 3.21. The standard InChI is InChI=1S/C18H20N2O5/c1-11-8-16(20-25-11)19-18(22)12(2)24-17(21)10-23-15-7-6-13-4-3-5-14(13)9-15/h6-9,12H,3-5,10H2,1-2H3,(H,19,20,22)/t12-/m0/s1. The van der Waals surface area contributed by atoms with Crippen LogP contribution in [-0.2, 0) is 27.2 Å². The van der Waals surface area contributed by atoms with Crippen LogP contribution in [0, 0.1) is 6.92 Å². The first kappa shape index (κ1) is 17.0. The number of carbonyl (C=O) groups excluding carboxylic acids is 2. The van der Waals surface area contributed by atoms with Gasteiger partial charge in [0.1, 0.15) is 11.5 Å². The van der Waals surface area contributed by atoms with Gasteiger partial charge in [0.2, 0.25) is 0 Å². The molecule has 1 N–H and O–H groups in total. The quantitative estimate of drug-likeness (QED) is 0.809. The number of hydrogen-bond donors (Lipinski definition) is 1. The molecule has 0 spiro atoms. The first-order chi connectivity index (χ1) is 12.0. The Labute approximate surface area is 145 Å². The van der Waals surface area contributed by atoms with E-state index in [9.17, 15) is 9.59 Å². The summed E-state index contributed by atoms with van der Waals surface area (Å²) in [6.45, 7) is 2.94. The van der Waals surface area contributed by atoms with Crippen LogP contribution in [0.2, 0.25) is 0 Å². The molecule has 0 fully saturated rings. The lowest BCUT2D eigenvalue weighted by Gasteiger charge is -2.13. The highest BCUT2D eigenvalue weighted by Gasteiger charge is 2.19. The largest absolute Gasteiger partial charge is 0.482 e. The first-order valence-electron chi connectivity index (χ1n) is 8.19. The molecule has 1 aliphatic carbocycles. The van der Waals surface area contributed by atoms with Crippen molar-refractivity contribution in [3.05, 3.63) is 41.2 Å². The Morgan fingerprint density at radius 1 is 1.28 bits per heavy atom. The Hall–Kier alpha value is -2.83. The highest BCUT2D eigenvalue weighted by molar-refractivity contribution is 5.94. The minimum absolute atomic E-state index is 0.251. The summed E-state index contributed by atoms with van der Waals surface area (Å²) in [7, 11) is 0. The van der Waals surface area contributed by atoms with Crippen LogP contribution >= 0.6 is 0 Å². The number of aromatic nitrogens is 1. The Balaban J connectivity index is 1.46. The number of ether oxygens (including phenoxy) is 2. The van der Waals surface area contributed by atoms with Crippen LogP contribution in [-0.4, -0.2) is 29.7 Å². The fourth-order valence-electron chi connectivity index (χ4n) is 2.72. The Morgan fingerprint density at radius 3 is 2.84 bits per heavy atom. The lowest BCUT2D eigenvalue weighted by molar-refractivity contribution is -0.155. The molecule has 7 heteroatoms. The van der Waals surface area contributed by atoms with Crippen LogP contribution in [0.3, 0.4) is 0 Å². The number of nitrogens with one attached hydrogen (secondary N) is 1. The molecule has 0 unspecified atom stereocenters. The summed E-state index contributed by atoms with van der Waals surface area (Å²) in [6, 6.07) is 7.40. The maximum Gasteiger partial charge on any atom is 0.344 e. The van der Waals surface area contributed by atoms with Crippen LogP contribution in [0.4, 0.5) is 5.82 Å². The number of esters is 1. The van der Waals surface area contributed by atoms with E-state index >= 15 is 0 Å². The number of fused-ring (bicyclic) bond motifs is 1. The molecule has 0 saturated carbocycles. The minimum atomic E-state index is -0.965. The van der Waals surface area contributed by atoms with Crippen molar-refractivity contribution in [1.29, 1.82) is 0 Å². The van der Waals surface area contributed by atoms with Crippen molar-refractivity contribution in [2.24, 2.45) is 0 Å². The van der Waals surface area contributed by atoms with Gasteiger partial charge in [0.05, 0.1) is 0 Å². The first-order valence-corrected chi connectivity index (χ1v) is 8.19. The number of carbonyl (C=O) groups is 2. The predicted octanol–water partition coefficient (Wildman–Crippen LogP) is 2.42. The molecule has 3 rings (SSSR count). The number of anilines is 1. The summed E-state index contributed by atoms with van der Waals surface area (Å²) < 4.78 is 15.4. The Kier molecular flexibility index (Phi) is 5.02. The number of aryl methyl sites for hydroxylation is 3. The van der Waals surface area contributed by atoms with Gasteiger partial charge in [-0.1, -0.05) is 11.2 Å². The van der Waals surface area contributed by atoms with Gasteiger partial charge in [-0.15, -0.1) is 0 Å². The number of nitrogens with zero attached hydrogens (tertiary/aromatic N) is 1. The molecule has 0 radical (unpaired) electrons. The smallest absolute Gasteiger partial charge is 0.344 e. The molecule has 25 heavy (non-hydrogen) atoms. The highest BCUT2D eigenvalue weighted by Crippen LogP contribution is 2.26. The molecular weight excluding hydrogens is 324 g/mol. The summed E-state index contributed by atoms with van der Waals surface area (Å²) >= 11 is 0. The van der Waals surface area contributed by atoms with E-state index in [1.807, 2.05) is 18.2 Å². The topological polar surface area (TPSA) is 90.7 Å². The Morgan fingerprint density at radius 2 is 2.08 bits per heavy atom. The molecule has 0 aliphatic heterocycles. The van der Waals surface area contributed by atoms with Crippen molar-refractivity contribution >= 4 is 17.7 Å². The third-order valence-corrected chi connectivity index (χ3v) is 3.98. The molecule has 7 nitrogen and oxygen atoms in total. The minimum Gasteiger partial charge on any atom is -0.482 e. The van der Waals surface area contributed by atoms with E-state index in [0.29, 0.717) is 11.5 Å². The zero-order valence-corrected chi connectivity index (χ0v) is 14.2. The summed E-state index contributed by atoms with van der Waals surface area (Å²) in [5, 5.41) is 6.16. The fraction of sp³-hybridized carbons (Fsp3) is 0.389. The molecule has 1 aliphatic rings. The van der Waals surface area contributed by atoms with E-state index in [-0.39, 0.29) is 12.4 Å². The van der Waals surface area contributed by atoms with Gasteiger partial charge in [-0.25, -0.2) is 4.79 Å². The van der Waals surface area contributed by atoms with Crippen LogP contribution in [0.1, 0.15) is 30.2 Å². The van der Waals surface area contributed by atoms with Gasteiger partial charge in [-0.2, -0.15) is 0 Å². The van der Waals surface area contributed by atoms with Crippen molar-refractivity contribution in [3.8, 4) is 5.75 Å². The summed E-state index contributed by atoms with van der Waals surface area (Å²) in [6.07, 6.45) is 2.32. The van der Waals surface area contributed by atoms with Crippen LogP contribution < -0.4 is 10.1 Å². The number of benzene rings is 1. The normalized spacial score (nSPS) is 13.8. The second-order valence-corrected chi connectivity index (χ2v) is 6.02. The molecule has 1 atom stereocenters. The van der Waals surface area contributed by atoms with Gasteiger partial charge in [-0.3, -0.25) is 4.79 Å². The van der Waals surface area contributed by atoms with Crippen molar-refractivity contribution in [2.45, 2.75) is 39.2 Å². The molecule has 0 bridgehead atoms. The summed E-state index contributed by atoms with van der Waals surface area (Å²) in [4.78, 5) is 23.8. The average molecular weight is 344 g/mol. The van der Waals surface area contributed by atoms with E-state index in [1.165, 1.54) is 18.1 Å². The number of hydrogen-bond acceptors (Lipinski definition) is 6. The summed E-state index contributed by atoms with van der Waals surface area (Å²) in [5.41, 5.74) is 2.60. The predicted molar refractivity (Wildman–Crippen MR) is 89.4 cm³/mol. The van der Waals surface area contributed by atoms with E-state index in [4.69, 9.17) is 14.0 Å². The van der Waals surface area contributed by atoms with Gasteiger partial charge < -0.3 is 19.3 Å². The van der Waals surface area contributed by atoms with Gasteiger partial charge in [0, 0.05) is 6.07 Å². The van der Waals surface area contributed by atoms with Gasteiger partial charge >= 0.3 is 5.97 Å². The SMILES string of the molecule is Cc1cc(NC(=O)[C@H](C)OC(=O)COc2ccc3c(c2)CCC3)no1. The summed E-state index contributed by atoms with van der Waals surface area (Å²) in [5.74, 6) is 0.383. The molecule has 1 aromatic carbocycles. The van der Waals surface area contributed by atoms with Crippen molar-refractivity contribution in [1.82, 2.24) is 5.16 Å². The van der Waals surface area contributed by atoms with Crippen molar-refractivity contribution in [3.63, 3.8) is 0 Å². The second-order valence-electron chi connectivity index (χ2n) is 6.02. The van der Waals surface area contributed by atoms with Gasteiger partial charge in [0.15, 0.2) is 18.5 Å².